The fourth-order valence-electron chi connectivity index (χ4n) is 2.74. The molecule has 0 unspecified atom stereocenters. The maximum atomic E-state index is 13.4. The lowest BCUT2D eigenvalue weighted by atomic mass is 10.0. The van der Waals surface area contributed by atoms with Gasteiger partial charge in [0.15, 0.2) is 6.20 Å². The van der Waals surface area contributed by atoms with E-state index in [-0.39, 0.29) is 5.82 Å². The molecule has 0 saturated heterocycles. The molecular formula is C20H19FN+. The first-order chi connectivity index (χ1) is 10.6. The summed E-state index contributed by atoms with van der Waals surface area (Å²) in [6, 6.07) is 17.8. The van der Waals surface area contributed by atoms with Crippen LogP contribution in [-0.2, 0) is 7.05 Å². The number of pyridine rings is 1. The van der Waals surface area contributed by atoms with E-state index in [1.54, 1.807) is 6.92 Å². The van der Waals surface area contributed by atoms with Gasteiger partial charge >= 0.3 is 0 Å². The molecule has 0 aliphatic heterocycles. The molecule has 1 nitrogen and oxygen atoms in total. The Bertz CT molecular complexity index is 837. The first-order valence-corrected chi connectivity index (χ1v) is 7.38. The van der Waals surface area contributed by atoms with Crippen LogP contribution in [0.4, 0.5) is 4.39 Å². The van der Waals surface area contributed by atoms with Crippen molar-refractivity contribution in [2.75, 3.05) is 0 Å². The minimum Gasteiger partial charge on any atom is -0.207 e. The van der Waals surface area contributed by atoms with Gasteiger partial charge in [-0.1, -0.05) is 24.3 Å². The molecule has 0 radical (unpaired) electrons. The topological polar surface area (TPSA) is 3.88 Å². The van der Waals surface area contributed by atoms with Gasteiger partial charge in [0.25, 0.3) is 0 Å². The van der Waals surface area contributed by atoms with Gasteiger partial charge in [0.1, 0.15) is 12.9 Å². The van der Waals surface area contributed by atoms with Crippen molar-refractivity contribution in [3.05, 3.63) is 77.7 Å². The fraction of sp³-hybridized carbons (Fsp3) is 0.150. The number of hydrogen-bond acceptors (Lipinski definition) is 0. The molecule has 0 aliphatic carbocycles. The van der Waals surface area contributed by atoms with E-state index in [0.29, 0.717) is 5.56 Å². The maximum Gasteiger partial charge on any atom is 0.212 e. The summed E-state index contributed by atoms with van der Waals surface area (Å²) in [6.07, 6.45) is 2.09. The van der Waals surface area contributed by atoms with Crippen molar-refractivity contribution in [2.24, 2.45) is 7.05 Å². The van der Waals surface area contributed by atoms with Gasteiger partial charge in [0.2, 0.25) is 5.69 Å². The molecule has 2 heteroatoms. The zero-order valence-electron chi connectivity index (χ0n) is 13.1. The van der Waals surface area contributed by atoms with Crippen LogP contribution in [0.1, 0.15) is 11.1 Å². The molecule has 0 bridgehead atoms. The van der Waals surface area contributed by atoms with Crippen molar-refractivity contribution >= 4 is 0 Å². The molecule has 110 valence electrons. The van der Waals surface area contributed by atoms with Crippen LogP contribution in [-0.4, -0.2) is 0 Å². The summed E-state index contributed by atoms with van der Waals surface area (Å²) in [5.41, 5.74) is 6.44. The zero-order valence-corrected chi connectivity index (χ0v) is 13.1. The van der Waals surface area contributed by atoms with E-state index in [1.807, 2.05) is 19.2 Å². The van der Waals surface area contributed by atoms with Crippen LogP contribution in [0.3, 0.4) is 0 Å². The van der Waals surface area contributed by atoms with E-state index < -0.39 is 0 Å². The lowest BCUT2D eigenvalue weighted by Crippen LogP contribution is -2.30. The van der Waals surface area contributed by atoms with Crippen LogP contribution in [0.2, 0.25) is 0 Å². The van der Waals surface area contributed by atoms with Gasteiger partial charge in [-0.3, -0.25) is 0 Å². The quantitative estimate of drug-likeness (QED) is 0.608. The summed E-state index contributed by atoms with van der Waals surface area (Å²) >= 11 is 0. The van der Waals surface area contributed by atoms with E-state index in [9.17, 15) is 4.39 Å². The average molecular weight is 292 g/mol. The molecule has 22 heavy (non-hydrogen) atoms. The predicted molar refractivity (Wildman–Crippen MR) is 87.9 cm³/mol. The first-order valence-electron chi connectivity index (χ1n) is 7.38. The van der Waals surface area contributed by atoms with Gasteiger partial charge in [-0.2, -0.15) is 0 Å². The second-order valence-electron chi connectivity index (χ2n) is 5.69. The summed E-state index contributed by atoms with van der Waals surface area (Å²) < 4.78 is 15.5. The Kier molecular flexibility index (Phi) is 3.76. The number of nitrogens with zero attached hydrogens (tertiary/aromatic N) is 1. The van der Waals surface area contributed by atoms with Crippen molar-refractivity contribution in [1.29, 1.82) is 0 Å². The highest BCUT2D eigenvalue weighted by Gasteiger charge is 2.13. The molecule has 0 aliphatic rings. The summed E-state index contributed by atoms with van der Waals surface area (Å²) in [5.74, 6) is -0.162. The number of aryl methyl sites for hydroxylation is 3. The van der Waals surface area contributed by atoms with Crippen LogP contribution < -0.4 is 4.57 Å². The van der Waals surface area contributed by atoms with Crippen molar-refractivity contribution < 1.29 is 8.96 Å². The Labute approximate surface area is 130 Å². The van der Waals surface area contributed by atoms with Crippen LogP contribution >= 0.6 is 0 Å². The highest BCUT2D eigenvalue weighted by molar-refractivity contribution is 5.66. The first kappa shape index (κ1) is 14.5. The number of benzene rings is 2. The van der Waals surface area contributed by atoms with Gasteiger partial charge < -0.3 is 0 Å². The summed E-state index contributed by atoms with van der Waals surface area (Å²) in [7, 11) is 2.04. The molecule has 3 aromatic rings. The van der Waals surface area contributed by atoms with Crippen molar-refractivity contribution in [1.82, 2.24) is 0 Å². The monoisotopic (exact) mass is 292 g/mol. The van der Waals surface area contributed by atoms with Gasteiger partial charge in [0, 0.05) is 17.2 Å². The molecule has 2 aromatic carbocycles. The third kappa shape index (κ3) is 2.64. The number of halogens is 1. The number of hydrogen-bond donors (Lipinski definition) is 0. The van der Waals surface area contributed by atoms with Crippen LogP contribution in [0.25, 0.3) is 22.4 Å². The molecular weight excluding hydrogens is 273 g/mol. The molecule has 0 saturated carbocycles. The average Bonchev–Trinajstić information content (AvgIpc) is 2.51. The minimum atomic E-state index is -0.162. The van der Waals surface area contributed by atoms with Gasteiger partial charge in [-0.25, -0.2) is 8.96 Å². The highest BCUT2D eigenvalue weighted by Crippen LogP contribution is 2.24. The Morgan fingerprint density at radius 1 is 0.818 bits per heavy atom. The molecule has 0 N–H and O–H groups in total. The van der Waals surface area contributed by atoms with Crippen LogP contribution in [0, 0.1) is 19.7 Å². The molecule has 0 amide bonds. The molecule has 0 spiro atoms. The lowest BCUT2D eigenvalue weighted by Gasteiger charge is -2.07. The Morgan fingerprint density at radius 3 is 2.23 bits per heavy atom. The zero-order chi connectivity index (χ0) is 15.7. The van der Waals surface area contributed by atoms with E-state index in [0.717, 1.165) is 11.1 Å². The third-order valence-corrected chi connectivity index (χ3v) is 4.05. The van der Waals surface area contributed by atoms with Crippen molar-refractivity contribution in [2.45, 2.75) is 13.8 Å². The Balaban J connectivity index is 2.06. The van der Waals surface area contributed by atoms with Gasteiger partial charge in [-0.05, 0) is 54.8 Å². The maximum absolute atomic E-state index is 13.4. The standard InChI is InChI=1S/C20H19FN/c1-14-6-4-5-7-18(14)20-11-9-17(13-22(20)3)16-8-10-19(21)15(2)12-16/h4-13H,1-3H3/q+1. The van der Waals surface area contributed by atoms with E-state index >= 15 is 0 Å². The summed E-state index contributed by atoms with van der Waals surface area (Å²) in [6.45, 7) is 3.91. The van der Waals surface area contributed by atoms with Crippen LogP contribution in [0.15, 0.2) is 60.8 Å². The molecule has 0 fully saturated rings. The number of aromatic nitrogens is 1. The summed E-state index contributed by atoms with van der Waals surface area (Å²) in [5, 5.41) is 0. The Hall–Kier alpha value is -2.48. The molecule has 0 atom stereocenters. The second-order valence-corrected chi connectivity index (χ2v) is 5.69. The fourth-order valence-corrected chi connectivity index (χ4v) is 2.74. The highest BCUT2D eigenvalue weighted by atomic mass is 19.1. The van der Waals surface area contributed by atoms with E-state index in [1.165, 1.54) is 22.9 Å². The SMILES string of the molecule is Cc1cc(-c2ccc(-c3ccccc3C)[n+](C)c2)ccc1F. The van der Waals surface area contributed by atoms with Gasteiger partial charge in [-0.15, -0.1) is 0 Å². The minimum absolute atomic E-state index is 0.162. The second kappa shape index (κ2) is 5.72. The normalized spacial score (nSPS) is 10.7. The van der Waals surface area contributed by atoms with E-state index in [4.69, 9.17) is 0 Å². The third-order valence-electron chi connectivity index (χ3n) is 4.05. The molecule has 1 aromatic heterocycles. The van der Waals surface area contributed by atoms with Crippen molar-refractivity contribution in [3.8, 4) is 22.4 Å². The molecule has 3 rings (SSSR count). The van der Waals surface area contributed by atoms with Gasteiger partial charge in [0.05, 0.1) is 0 Å². The lowest BCUT2D eigenvalue weighted by molar-refractivity contribution is -0.659. The largest absolute Gasteiger partial charge is 0.212 e. The van der Waals surface area contributed by atoms with Crippen molar-refractivity contribution in [3.63, 3.8) is 0 Å². The smallest absolute Gasteiger partial charge is 0.207 e. The van der Waals surface area contributed by atoms with E-state index in [2.05, 4.69) is 54.1 Å². The number of rotatable bonds is 2. The summed E-state index contributed by atoms with van der Waals surface area (Å²) in [4.78, 5) is 0. The van der Waals surface area contributed by atoms with Crippen LogP contribution in [0.5, 0.6) is 0 Å². The molecule has 1 heterocycles. The Morgan fingerprint density at radius 2 is 1.55 bits per heavy atom. The predicted octanol–water partition coefficient (Wildman–Crippen LogP) is 4.60.